The van der Waals surface area contributed by atoms with Crippen molar-refractivity contribution in [1.82, 2.24) is 24.6 Å². The molecule has 0 aliphatic heterocycles. The first-order chi connectivity index (χ1) is 0. The molecule has 0 aromatic rings. The topological polar surface area (TPSA) is 202 Å². The van der Waals surface area contributed by atoms with Crippen molar-refractivity contribution in [3.63, 3.8) is 0 Å². The third kappa shape index (κ3) is 635. The molecule has 0 aromatic carbocycles. The third-order valence-electron chi connectivity index (χ3n) is 0. The van der Waals surface area contributed by atoms with Crippen LogP contribution in [-0.4, -0.2) is 11.0 Å². The van der Waals surface area contributed by atoms with Crippen LogP contribution in [0.15, 0.2) is 0 Å². The van der Waals surface area contributed by atoms with Gasteiger partial charge in [-0.3, -0.25) is 0 Å². The summed E-state index contributed by atoms with van der Waals surface area (Å²) in [6.07, 6.45) is 0. The van der Waals surface area contributed by atoms with Crippen LogP contribution < -0.4 is 24.6 Å². The fraction of sp³-hybridized carbons (Fsp3) is 0. The standard InChI is InChI=1S/4H3N.2H2O.Pt/h4*1H3;2*1H2;/q;;;;;;+2/p-1. The van der Waals surface area contributed by atoms with Gasteiger partial charge >= 0.3 is 21.1 Å². The quantitative estimate of drug-likeness (QED) is 0.471. The van der Waals surface area contributed by atoms with Crippen molar-refractivity contribution in [1.29, 1.82) is 0 Å². The van der Waals surface area contributed by atoms with E-state index in [9.17, 15) is 0 Å². The number of hydrogen-bond donors (Lipinski definition) is 4. The van der Waals surface area contributed by atoms with Crippen LogP contribution in [0.5, 0.6) is 0 Å². The Morgan fingerprint density at radius 1 is 0.571 bits per heavy atom. The Morgan fingerprint density at radius 3 is 0.571 bits per heavy atom. The Morgan fingerprint density at radius 2 is 0.571 bits per heavy atom. The van der Waals surface area contributed by atoms with Crippen LogP contribution >= 0.6 is 0 Å². The SMILES string of the molecule is N.N.N.N.O.[OH-].[Pt+2]. The van der Waals surface area contributed by atoms with Gasteiger partial charge in [-0.1, -0.05) is 0 Å². The smallest absolute Gasteiger partial charge is 0.870 e. The summed E-state index contributed by atoms with van der Waals surface area (Å²) in [6, 6.07) is 0. The van der Waals surface area contributed by atoms with Crippen molar-refractivity contribution in [3.8, 4) is 0 Å². The van der Waals surface area contributed by atoms with Gasteiger partial charge in [0, 0.05) is 0 Å². The van der Waals surface area contributed by atoms with Gasteiger partial charge in [0.25, 0.3) is 0 Å². The zero-order chi connectivity index (χ0) is 0. The maximum atomic E-state index is 0. The molecule has 0 radical (unpaired) electrons. The molecule has 0 atom stereocenters. The fourth-order valence-electron chi connectivity index (χ4n) is 0. The average Bonchev–Trinajstić information content (AvgIpc) is 0. The molecule has 0 heterocycles. The minimum absolute atomic E-state index is 0. The van der Waals surface area contributed by atoms with Gasteiger partial charge in [-0.25, -0.2) is 0 Å². The van der Waals surface area contributed by atoms with Crippen LogP contribution in [0.3, 0.4) is 0 Å². The van der Waals surface area contributed by atoms with Crippen LogP contribution in [-0.2, 0) is 21.1 Å². The molecule has 0 saturated carbocycles. The molecule has 0 fully saturated rings. The number of rotatable bonds is 0. The van der Waals surface area contributed by atoms with Crippen LogP contribution in [0, 0.1) is 0 Å². The summed E-state index contributed by atoms with van der Waals surface area (Å²) in [5, 5.41) is 0. The second kappa shape index (κ2) is 952. The van der Waals surface area contributed by atoms with Gasteiger partial charge in [-0.2, -0.15) is 0 Å². The van der Waals surface area contributed by atoms with E-state index in [1.54, 1.807) is 0 Å². The predicted octanol–water partition coefficient (Wildman–Crippen LogP) is -0.356. The average molecular weight is 298 g/mol. The summed E-state index contributed by atoms with van der Waals surface area (Å²) in [4.78, 5) is 0. The van der Waals surface area contributed by atoms with E-state index in [-0.39, 0.29) is 56.6 Å². The normalized spacial score (nSPS) is 0. The third-order valence-corrected chi connectivity index (χ3v) is 0. The molecule has 56 valence electrons. The summed E-state index contributed by atoms with van der Waals surface area (Å²) < 4.78 is 0. The van der Waals surface area contributed by atoms with Gasteiger partial charge in [0.2, 0.25) is 0 Å². The molecule has 0 amide bonds. The van der Waals surface area contributed by atoms with Crippen molar-refractivity contribution in [3.05, 3.63) is 0 Å². The van der Waals surface area contributed by atoms with Gasteiger partial charge in [-0.15, -0.1) is 0 Å². The summed E-state index contributed by atoms with van der Waals surface area (Å²) in [7, 11) is 0. The second-order valence-corrected chi connectivity index (χ2v) is 0. The Balaban J connectivity index is 0. The monoisotopic (exact) mass is 298 g/mol. The molecule has 0 aromatic heterocycles. The zero-order valence-corrected chi connectivity index (χ0v) is 6.36. The van der Waals surface area contributed by atoms with E-state index in [0.29, 0.717) is 0 Å². The number of hydrogen-bond acceptors (Lipinski definition) is 5. The molecule has 0 rings (SSSR count). The van der Waals surface area contributed by atoms with Crippen molar-refractivity contribution in [2.75, 3.05) is 0 Å². The molecule has 0 spiro atoms. The van der Waals surface area contributed by atoms with Crippen LogP contribution in [0.1, 0.15) is 0 Å². The van der Waals surface area contributed by atoms with Crippen molar-refractivity contribution in [2.24, 2.45) is 0 Å². The van der Waals surface area contributed by atoms with Crippen molar-refractivity contribution < 1.29 is 32.0 Å². The fourth-order valence-corrected chi connectivity index (χ4v) is 0. The molecular formula is H15N4O2Pt+. The largest absolute Gasteiger partial charge is 2.00 e. The molecule has 6 nitrogen and oxygen atoms in total. The van der Waals surface area contributed by atoms with E-state index in [1.165, 1.54) is 0 Å². The van der Waals surface area contributed by atoms with Crippen molar-refractivity contribution in [2.45, 2.75) is 0 Å². The summed E-state index contributed by atoms with van der Waals surface area (Å²) in [5.41, 5.74) is 0. The molecule has 7 heavy (non-hydrogen) atoms. The zero-order valence-electron chi connectivity index (χ0n) is 4.09. The van der Waals surface area contributed by atoms with E-state index in [1.807, 2.05) is 0 Å². The first kappa shape index (κ1) is 1540. The minimum atomic E-state index is 0. The molecule has 0 aliphatic rings. The van der Waals surface area contributed by atoms with Crippen LogP contribution in [0.25, 0.3) is 0 Å². The maximum Gasteiger partial charge on any atom is 2.00 e. The van der Waals surface area contributed by atoms with Gasteiger partial charge in [0.1, 0.15) is 0 Å². The Bertz CT molecular complexity index is 9.65. The van der Waals surface area contributed by atoms with Gasteiger partial charge in [0.15, 0.2) is 0 Å². The summed E-state index contributed by atoms with van der Waals surface area (Å²) in [5.74, 6) is 0. The van der Waals surface area contributed by atoms with E-state index < -0.39 is 0 Å². The maximum absolute atomic E-state index is 0. The van der Waals surface area contributed by atoms with E-state index in [4.69, 9.17) is 0 Å². The summed E-state index contributed by atoms with van der Waals surface area (Å²) >= 11 is 0. The van der Waals surface area contributed by atoms with E-state index >= 15 is 0 Å². The molecule has 7 heteroatoms. The first-order valence-electron chi connectivity index (χ1n) is 0. The molecular weight excluding hydrogens is 283 g/mol. The predicted molar refractivity (Wildman–Crippen MR) is 25.6 cm³/mol. The van der Waals surface area contributed by atoms with Gasteiger partial charge in [-0.05, 0) is 0 Å². The van der Waals surface area contributed by atoms with Gasteiger partial charge < -0.3 is 35.6 Å². The van der Waals surface area contributed by atoms with Gasteiger partial charge in [0.05, 0.1) is 0 Å². The molecule has 0 bridgehead atoms. The molecule has 0 unspecified atom stereocenters. The Hall–Kier alpha value is 0.448. The van der Waals surface area contributed by atoms with E-state index in [2.05, 4.69) is 0 Å². The van der Waals surface area contributed by atoms with Crippen LogP contribution in [0.4, 0.5) is 0 Å². The summed E-state index contributed by atoms with van der Waals surface area (Å²) in [6.45, 7) is 0. The van der Waals surface area contributed by atoms with Crippen LogP contribution in [0.2, 0.25) is 0 Å². The Kier molecular flexibility index (Phi) is 210000. The van der Waals surface area contributed by atoms with E-state index in [0.717, 1.165) is 0 Å². The second-order valence-electron chi connectivity index (χ2n) is 0. The molecule has 0 aliphatic carbocycles. The van der Waals surface area contributed by atoms with Crippen molar-refractivity contribution >= 4 is 0 Å². The minimum Gasteiger partial charge on any atom is -0.870 e. The first-order valence-corrected chi connectivity index (χ1v) is 0. The molecule has 0 saturated heterocycles. The Labute approximate surface area is 57.3 Å². The molecule has 15 N–H and O–H groups in total.